The Bertz CT molecular complexity index is 783. The Kier molecular flexibility index (Phi) is 2.79. The molecule has 2 heterocycles. The van der Waals surface area contributed by atoms with Gasteiger partial charge in [-0.3, -0.25) is 9.59 Å². The molecule has 0 aliphatic carbocycles. The summed E-state index contributed by atoms with van der Waals surface area (Å²) in [6.45, 7) is 0.568. The van der Waals surface area contributed by atoms with Crippen LogP contribution in [0.5, 0.6) is 0 Å². The average Bonchev–Trinajstić information content (AvgIpc) is 2.54. The van der Waals surface area contributed by atoms with E-state index in [-0.39, 0.29) is 5.91 Å². The summed E-state index contributed by atoms with van der Waals surface area (Å²) in [5.74, 6) is -1.66. The number of amides is 1. The third kappa shape index (κ3) is 1.70. The first-order valence-electron chi connectivity index (χ1n) is 7.39. The first kappa shape index (κ1) is 13.1. The van der Waals surface area contributed by atoms with Crippen molar-refractivity contribution >= 4 is 11.9 Å². The summed E-state index contributed by atoms with van der Waals surface area (Å²) >= 11 is 0. The van der Waals surface area contributed by atoms with E-state index >= 15 is 0 Å². The predicted molar refractivity (Wildman–Crippen MR) is 80.7 cm³/mol. The van der Waals surface area contributed by atoms with E-state index in [4.69, 9.17) is 0 Å². The van der Waals surface area contributed by atoms with E-state index in [1.54, 1.807) is 29.2 Å². The molecule has 0 spiro atoms. The highest BCUT2D eigenvalue weighted by atomic mass is 16.4. The van der Waals surface area contributed by atoms with Crippen LogP contribution in [0.2, 0.25) is 0 Å². The summed E-state index contributed by atoms with van der Waals surface area (Å²) in [5, 5.41) is 9.80. The maximum absolute atomic E-state index is 12.8. The lowest BCUT2D eigenvalue weighted by atomic mass is 9.76. The standard InChI is InChI=1S/C18H15NO3/c20-17-14-8-4-3-7-13(14)15(18(21)22)16-12-6-2-1-5-11(12)9-10-19(16)17/h1-8,15-16H,9-10H2,(H,21,22)/t15-,16-/m1/s1. The number of carboxylic acids is 1. The molecule has 0 radical (unpaired) electrons. The van der Waals surface area contributed by atoms with Gasteiger partial charge in [-0.2, -0.15) is 0 Å². The molecule has 22 heavy (non-hydrogen) atoms. The van der Waals surface area contributed by atoms with Crippen LogP contribution in [-0.2, 0) is 11.2 Å². The van der Waals surface area contributed by atoms with Gasteiger partial charge in [0.2, 0.25) is 0 Å². The van der Waals surface area contributed by atoms with Gasteiger partial charge in [-0.05, 0) is 29.2 Å². The molecule has 1 amide bonds. The molecule has 2 aliphatic heterocycles. The highest BCUT2D eigenvalue weighted by molar-refractivity contribution is 6.00. The van der Waals surface area contributed by atoms with Crippen molar-refractivity contribution in [1.82, 2.24) is 4.90 Å². The minimum absolute atomic E-state index is 0.0624. The molecule has 4 nitrogen and oxygen atoms in total. The van der Waals surface area contributed by atoms with Crippen LogP contribution in [-0.4, -0.2) is 28.4 Å². The van der Waals surface area contributed by atoms with Crippen molar-refractivity contribution in [3.05, 3.63) is 70.8 Å². The van der Waals surface area contributed by atoms with Crippen molar-refractivity contribution in [2.75, 3.05) is 6.54 Å². The van der Waals surface area contributed by atoms with E-state index in [9.17, 15) is 14.7 Å². The van der Waals surface area contributed by atoms with E-state index in [1.165, 1.54) is 0 Å². The lowest BCUT2D eigenvalue weighted by Gasteiger charge is -2.44. The SMILES string of the molecule is O=C(O)[C@@H]1c2ccccc2C(=O)N2CCc3ccccc3[C@H]12. The van der Waals surface area contributed by atoms with Crippen LogP contribution in [0.4, 0.5) is 0 Å². The van der Waals surface area contributed by atoms with Crippen LogP contribution < -0.4 is 0 Å². The summed E-state index contributed by atoms with van der Waals surface area (Å²) < 4.78 is 0. The van der Waals surface area contributed by atoms with Crippen LogP contribution in [0.1, 0.15) is 39.0 Å². The lowest BCUT2D eigenvalue weighted by Crippen LogP contribution is -2.48. The van der Waals surface area contributed by atoms with E-state index in [2.05, 4.69) is 0 Å². The number of benzene rings is 2. The first-order chi connectivity index (χ1) is 10.7. The van der Waals surface area contributed by atoms with Gasteiger partial charge in [0.15, 0.2) is 0 Å². The summed E-state index contributed by atoms with van der Waals surface area (Å²) in [4.78, 5) is 26.4. The van der Waals surface area contributed by atoms with Gasteiger partial charge < -0.3 is 10.0 Å². The minimum atomic E-state index is -0.883. The monoisotopic (exact) mass is 293 g/mol. The molecule has 2 aliphatic rings. The second kappa shape index (κ2) is 4.70. The van der Waals surface area contributed by atoms with Crippen molar-refractivity contribution in [2.45, 2.75) is 18.4 Å². The number of carboxylic acid groups (broad SMARTS) is 1. The molecule has 0 saturated carbocycles. The van der Waals surface area contributed by atoms with Gasteiger partial charge in [0.1, 0.15) is 5.92 Å². The molecule has 2 aromatic carbocycles. The Morgan fingerprint density at radius 3 is 2.50 bits per heavy atom. The molecule has 0 fully saturated rings. The Morgan fingerprint density at radius 1 is 1.05 bits per heavy atom. The number of rotatable bonds is 1. The van der Waals surface area contributed by atoms with Crippen molar-refractivity contribution in [2.24, 2.45) is 0 Å². The second-order valence-electron chi connectivity index (χ2n) is 5.80. The Balaban J connectivity index is 1.97. The molecule has 2 atom stereocenters. The highest BCUT2D eigenvalue weighted by Gasteiger charge is 2.46. The number of hydrogen-bond donors (Lipinski definition) is 1. The minimum Gasteiger partial charge on any atom is -0.481 e. The van der Waals surface area contributed by atoms with Crippen LogP contribution >= 0.6 is 0 Å². The molecule has 4 rings (SSSR count). The van der Waals surface area contributed by atoms with E-state index in [0.717, 1.165) is 17.5 Å². The molecule has 0 aromatic heterocycles. The highest BCUT2D eigenvalue weighted by Crippen LogP contribution is 2.45. The average molecular weight is 293 g/mol. The normalized spacial score (nSPS) is 22.5. The van der Waals surface area contributed by atoms with Gasteiger partial charge in [0.25, 0.3) is 5.91 Å². The fraction of sp³-hybridized carbons (Fsp3) is 0.222. The van der Waals surface area contributed by atoms with Gasteiger partial charge in [0.05, 0.1) is 6.04 Å². The zero-order valence-electron chi connectivity index (χ0n) is 11.9. The molecule has 1 N–H and O–H groups in total. The van der Waals surface area contributed by atoms with Crippen LogP contribution in [0.3, 0.4) is 0 Å². The number of hydrogen-bond acceptors (Lipinski definition) is 2. The van der Waals surface area contributed by atoms with E-state index < -0.39 is 17.9 Å². The van der Waals surface area contributed by atoms with Crippen LogP contribution in [0.25, 0.3) is 0 Å². The number of carbonyl (C=O) groups is 2. The largest absolute Gasteiger partial charge is 0.481 e. The topological polar surface area (TPSA) is 57.6 Å². The van der Waals surface area contributed by atoms with Gasteiger partial charge >= 0.3 is 5.97 Å². The van der Waals surface area contributed by atoms with Gasteiger partial charge in [-0.1, -0.05) is 42.5 Å². The molecular formula is C18H15NO3. The third-order valence-corrected chi connectivity index (χ3v) is 4.70. The van der Waals surface area contributed by atoms with E-state index in [0.29, 0.717) is 17.7 Å². The van der Waals surface area contributed by atoms with Crippen molar-refractivity contribution in [1.29, 1.82) is 0 Å². The maximum atomic E-state index is 12.8. The van der Waals surface area contributed by atoms with Gasteiger partial charge in [0, 0.05) is 12.1 Å². The molecule has 0 unspecified atom stereocenters. The summed E-state index contributed by atoms with van der Waals surface area (Å²) in [5.41, 5.74) is 3.25. The van der Waals surface area contributed by atoms with Crippen molar-refractivity contribution in [3.8, 4) is 0 Å². The molecule has 4 heteroatoms. The third-order valence-electron chi connectivity index (χ3n) is 4.70. The van der Waals surface area contributed by atoms with Crippen molar-refractivity contribution < 1.29 is 14.7 Å². The Labute approximate surface area is 128 Å². The predicted octanol–water partition coefficient (Wildman–Crippen LogP) is 2.61. The summed E-state index contributed by atoms with van der Waals surface area (Å²) in [6.07, 6.45) is 0.771. The number of carbonyl (C=O) groups excluding carboxylic acids is 1. The van der Waals surface area contributed by atoms with Crippen LogP contribution in [0.15, 0.2) is 48.5 Å². The quantitative estimate of drug-likeness (QED) is 0.879. The zero-order chi connectivity index (χ0) is 15.3. The molecule has 0 saturated heterocycles. The number of nitrogens with zero attached hydrogens (tertiary/aromatic N) is 1. The summed E-state index contributed by atoms with van der Waals surface area (Å²) in [7, 11) is 0. The number of fused-ring (bicyclic) bond motifs is 4. The van der Waals surface area contributed by atoms with Gasteiger partial charge in [-0.15, -0.1) is 0 Å². The molecule has 2 aromatic rings. The smallest absolute Gasteiger partial charge is 0.313 e. The Morgan fingerprint density at radius 2 is 1.73 bits per heavy atom. The molecule has 110 valence electrons. The fourth-order valence-electron chi connectivity index (χ4n) is 3.74. The lowest BCUT2D eigenvalue weighted by molar-refractivity contribution is -0.140. The number of aliphatic carboxylic acids is 1. The van der Waals surface area contributed by atoms with Gasteiger partial charge in [-0.25, -0.2) is 0 Å². The Hall–Kier alpha value is -2.62. The summed E-state index contributed by atoms with van der Waals surface area (Å²) in [6, 6.07) is 14.5. The van der Waals surface area contributed by atoms with E-state index in [1.807, 2.05) is 24.3 Å². The molecular weight excluding hydrogens is 278 g/mol. The first-order valence-corrected chi connectivity index (χ1v) is 7.39. The molecule has 0 bridgehead atoms. The second-order valence-corrected chi connectivity index (χ2v) is 5.80. The van der Waals surface area contributed by atoms with Crippen LogP contribution in [0, 0.1) is 0 Å². The zero-order valence-corrected chi connectivity index (χ0v) is 11.9. The van der Waals surface area contributed by atoms with Crippen molar-refractivity contribution in [3.63, 3.8) is 0 Å². The fourth-order valence-corrected chi connectivity index (χ4v) is 3.74. The maximum Gasteiger partial charge on any atom is 0.313 e.